The van der Waals surface area contributed by atoms with Crippen molar-refractivity contribution in [3.63, 3.8) is 0 Å². The summed E-state index contributed by atoms with van der Waals surface area (Å²) in [6.45, 7) is 0. The standard InChI is InChI=1S/2C5H2F6O2.Sn/c2*6-4(7,8)2(12)1-3(13)5(9,10)11;/h2*1,12H;/q;;+2/p-2. The van der Waals surface area contributed by atoms with Crippen LogP contribution < -0.4 is 10.2 Å². The number of halogens is 12. The van der Waals surface area contributed by atoms with Crippen molar-refractivity contribution in [1.82, 2.24) is 0 Å². The molecule has 154 valence electrons. The maximum absolute atomic E-state index is 11.3. The molecule has 0 amide bonds. The normalized spacial score (nSPS) is 13.9. The Hall–Kier alpha value is -1.62. The van der Waals surface area contributed by atoms with Crippen molar-refractivity contribution in [3.05, 3.63) is 23.7 Å². The molecule has 0 aliphatic carbocycles. The van der Waals surface area contributed by atoms with Gasteiger partial charge in [-0.15, -0.1) is 0 Å². The molecule has 17 heteroatoms. The third-order valence-corrected chi connectivity index (χ3v) is 1.64. The molecule has 0 saturated carbocycles. The first-order valence-corrected chi connectivity index (χ1v) is 5.24. The average Bonchev–Trinajstić information content (AvgIpc) is 2.34. The van der Waals surface area contributed by atoms with Crippen LogP contribution in [0.25, 0.3) is 0 Å². The molecule has 0 bridgehead atoms. The summed E-state index contributed by atoms with van der Waals surface area (Å²) in [5.74, 6) is -11.3. The van der Waals surface area contributed by atoms with Crippen LogP contribution in [0.2, 0.25) is 0 Å². The van der Waals surface area contributed by atoms with E-state index >= 15 is 0 Å². The molecule has 0 aliphatic rings. The number of alkyl halides is 12. The van der Waals surface area contributed by atoms with Crippen LogP contribution in [0.4, 0.5) is 52.7 Å². The maximum atomic E-state index is 11.3. The summed E-state index contributed by atoms with van der Waals surface area (Å²) in [6.07, 6.45) is -23.9. The zero-order valence-corrected chi connectivity index (χ0v) is 14.7. The summed E-state index contributed by atoms with van der Waals surface area (Å²) in [6, 6.07) is 0. The molecule has 0 aromatic rings. The van der Waals surface area contributed by atoms with Gasteiger partial charge in [-0.25, -0.2) is 0 Å². The Morgan fingerprint density at radius 2 is 0.704 bits per heavy atom. The van der Waals surface area contributed by atoms with Crippen molar-refractivity contribution in [1.29, 1.82) is 0 Å². The minimum Gasteiger partial charge on any atom is -0.869 e. The molecule has 0 heterocycles. The second-order valence-corrected chi connectivity index (χ2v) is 3.74. The quantitative estimate of drug-likeness (QED) is 0.234. The van der Waals surface area contributed by atoms with Crippen LogP contribution >= 0.6 is 0 Å². The van der Waals surface area contributed by atoms with Crippen LogP contribution in [-0.2, 0) is 9.59 Å². The minimum atomic E-state index is -5.46. The fraction of sp³-hybridized carbons (Fsp3) is 0.400. The monoisotopic (exact) mass is 534 g/mol. The molecule has 2 radical (unpaired) electrons. The van der Waals surface area contributed by atoms with E-state index in [2.05, 4.69) is 0 Å². The van der Waals surface area contributed by atoms with E-state index in [4.69, 9.17) is 0 Å². The number of rotatable bonds is 2. The molecule has 0 N–H and O–H groups in total. The summed E-state index contributed by atoms with van der Waals surface area (Å²) in [5, 5.41) is 19.6. The molecule has 0 fully saturated rings. The van der Waals surface area contributed by atoms with Crippen molar-refractivity contribution < 1.29 is 72.5 Å². The van der Waals surface area contributed by atoms with Gasteiger partial charge in [-0.05, 0) is 23.7 Å². The van der Waals surface area contributed by atoms with E-state index in [-0.39, 0.29) is 23.9 Å². The van der Waals surface area contributed by atoms with Gasteiger partial charge in [0.15, 0.2) is 0 Å². The number of allylic oxidation sites excluding steroid dienone is 4. The Bertz CT molecular complexity index is 527. The molecule has 0 aromatic heterocycles. The fourth-order valence-electron chi connectivity index (χ4n) is 0.565. The first-order valence-electron chi connectivity index (χ1n) is 5.24. The van der Waals surface area contributed by atoms with Crippen molar-refractivity contribution in [2.45, 2.75) is 24.7 Å². The number of carbonyl (C=O) groups is 2. The van der Waals surface area contributed by atoms with E-state index in [1.807, 2.05) is 0 Å². The molecule has 0 aromatic carbocycles. The van der Waals surface area contributed by atoms with Crippen LogP contribution in [-0.4, -0.2) is 60.2 Å². The van der Waals surface area contributed by atoms with Gasteiger partial charge in [0.2, 0.25) is 0 Å². The predicted octanol–water partition coefficient (Wildman–Crippen LogP) is 1.47. The Morgan fingerprint density at radius 3 is 0.815 bits per heavy atom. The van der Waals surface area contributed by atoms with E-state index in [0.717, 1.165) is 0 Å². The van der Waals surface area contributed by atoms with Gasteiger partial charge >= 0.3 is 48.6 Å². The second-order valence-electron chi connectivity index (χ2n) is 3.74. The van der Waals surface area contributed by atoms with Crippen molar-refractivity contribution in [3.8, 4) is 0 Å². The molecule has 4 nitrogen and oxygen atoms in total. The minimum absolute atomic E-state index is 0. The van der Waals surface area contributed by atoms with Crippen LogP contribution in [0, 0.1) is 0 Å². The molecule has 0 aliphatic heterocycles. The number of carbonyl (C=O) groups excluding carboxylic acids is 2. The van der Waals surface area contributed by atoms with Gasteiger partial charge in [0.05, 0.1) is 0 Å². The van der Waals surface area contributed by atoms with Gasteiger partial charge in [0, 0.05) is 0 Å². The van der Waals surface area contributed by atoms with Crippen LogP contribution in [0.3, 0.4) is 0 Å². The van der Waals surface area contributed by atoms with Crippen LogP contribution in [0.5, 0.6) is 0 Å². The summed E-state index contributed by atoms with van der Waals surface area (Å²) < 4.78 is 136. The van der Waals surface area contributed by atoms with Crippen LogP contribution in [0.1, 0.15) is 0 Å². The smallest absolute Gasteiger partial charge is 0.869 e. The Morgan fingerprint density at radius 1 is 0.519 bits per heavy atom. The summed E-state index contributed by atoms with van der Waals surface area (Å²) >= 11 is 0. The number of ketones is 2. The van der Waals surface area contributed by atoms with E-state index in [1.165, 1.54) is 0 Å². The summed E-state index contributed by atoms with van der Waals surface area (Å²) in [7, 11) is 0. The first-order chi connectivity index (χ1) is 11.1. The van der Waals surface area contributed by atoms with Crippen molar-refractivity contribution >= 4 is 35.5 Å². The van der Waals surface area contributed by atoms with E-state index in [1.54, 1.807) is 0 Å². The molecule has 0 rings (SSSR count). The Kier molecular flexibility index (Phi) is 11.2. The van der Waals surface area contributed by atoms with Gasteiger partial charge in [-0.2, -0.15) is 52.7 Å². The fourth-order valence-corrected chi connectivity index (χ4v) is 0.565. The SMILES string of the molecule is O=C(C=C([O-])C(F)(F)F)C(F)(F)F.O=C(C=C([O-])C(F)(F)F)C(F)(F)F.[Sn+2]. The van der Waals surface area contributed by atoms with Crippen LogP contribution in [0.15, 0.2) is 23.7 Å². The average molecular weight is 533 g/mol. The van der Waals surface area contributed by atoms with E-state index in [9.17, 15) is 72.5 Å². The zero-order chi connectivity index (χ0) is 21.7. The summed E-state index contributed by atoms with van der Waals surface area (Å²) in [5.41, 5.74) is 0. The van der Waals surface area contributed by atoms with Gasteiger partial charge in [-0.3, -0.25) is 9.59 Å². The predicted molar refractivity (Wildman–Crippen MR) is 56.2 cm³/mol. The van der Waals surface area contributed by atoms with Gasteiger partial charge < -0.3 is 10.2 Å². The topological polar surface area (TPSA) is 80.3 Å². The van der Waals surface area contributed by atoms with Crippen molar-refractivity contribution in [2.75, 3.05) is 0 Å². The van der Waals surface area contributed by atoms with Crippen molar-refractivity contribution in [2.24, 2.45) is 0 Å². The van der Waals surface area contributed by atoms with E-state index < -0.39 is 59.9 Å². The number of hydrogen-bond donors (Lipinski definition) is 0. The molecular weight excluding hydrogens is 531 g/mol. The molecule has 0 unspecified atom stereocenters. The Labute approximate surface area is 157 Å². The molecule has 0 saturated heterocycles. The largest absolute Gasteiger partial charge is 2.00 e. The maximum Gasteiger partial charge on any atom is 2.00 e. The van der Waals surface area contributed by atoms with E-state index in [0.29, 0.717) is 0 Å². The molecular formula is C10H2F12O4Sn. The van der Waals surface area contributed by atoms with Gasteiger partial charge in [0.1, 0.15) is 0 Å². The third kappa shape index (κ3) is 13.2. The molecule has 27 heavy (non-hydrogen) atoms. The van der Waals surface area contributed by atoms with Gasteiger partial charge in [-0.1, -0.05) is 0 Å². The zero-order valence-electron chi connectivity index (χ0n) is 11.8. The second kappa shape index (κ2) is 10.1. The third-order valence-electron chi connectivity index (χ3n) is 1.64. The molecule has 0 spiro atoms. The first kappa shape index (κ1) is 30.1. The van der Waals surface area contributed by atoms with Gasteiger partial charge in [0.25, 0.3) is 11.6 Å². The Balaban J connectivity index is -0.000000411. The number of hydrogen-bond acceptors (Lipinski definition) is 4. The molecule has 0 atom stereocenters. The summed E-state index contributed by atoms with van der Waals surface area (Å²) in [4.78, 5) is 19.6.